The van der Waals surface area contributed by atoms with Gasteiger partial charge in [-0.05, 0) is 129 Å². The molecule has 0 amide bonds. The van der Waals surface area contributed by atoms with Gasteiger partial charge in [0.2, 0.25) is 0 Å². The molecule has 5 aliphatic carbocycles. The van der Waals surface area contributed by atoms with Crippen molar-refractivity contribution in [2.75, 3.05) is 6.61 Å². The van der Waals surface area contributed by atoms with Crippen LogP contribution in [-0.4, -0.2) is 69.6 Å². The summed E-state index contributed by atoms with van der Waals surface area (Å²) in [6.45, 7) is 20.4. The van der Waals surface area contributed by atoms with Crippen molar-refractivity contribution in [1.29, 1.82) is 0 Å². The molecule has 0 aromatic heterocycles. The predicted molar refractivity (Wildman–Crippen MR) is 168 cm³/mol. The molecule has 6 rings (SSSR count). The van der Waals surface area contributed by atoms with Crippen LogP contribution in [0.5, 0.6) is 0 Å². The summed E-state index contributed by atoms with van der Waals surface area (Å²) in [7, 11) is 0. The fourth-order valence-electron chi connectivity index (χ4n) is 13.3. The van der Waals surface area contributed by atoms with Crippen molar-refractivity contribution in [3.05, 3.63) is 12.2 Å². The largest absolute Gasteiger partial charge is 0.394 e. The van der Waals surface area contributed by atoms with E-state index in [9.17, 15) is 25.2 Å². The average molecular weight is 617 g/mol. The number of hydrogen-bond acceptors (Lipinski definition) is 7. The number of fused-ring (bicyclic) bond motifs is 7. The normalized spacial score (nSPS) is 54.8. The fourth-order valence-corrected chi connectivity index (χ4v) is 13.3. The van der Waals surface area contributed by atoms with E-state index in [1.54, 1.807) is 0 Å². The zero-order valence-electron chi connectivity index (χ0n) is 28.3. The second kappa shape index (κ2) is 10.8. The van der Waals surface area contributed by atoms with Gasteiger partial charge < -0.3 is 29.9 Å². The molecule has 0 aromatic rings. The number of carbonyl (C=O) groups excluding carboxylic acids is 1. The number of aliphatic hydroxyl groups excluding tert-OH is 4. The Morgan fingerprint density at radius 1 is 0.818 bits per heavy atom. The number of allylic oxidation sites excluding steroid dienone is 1. The highest BCUT2D eigenvalue weighted by Gasteiger charge is 2.71. The van der Waals surface area contributed by atoms with E-state index in [4.69, 9.17) is 9.47 Å². The maximum atomic E-state index is 13.4. The Balaban J connectivity index is 1.27. The Labute approximate surface area is 265 Å². The molecule has 0 unspecified atom stereocenters. The minimum absolute atomic E-state index is 0.137. The Bertz CT molecular complexity index is 1150. The summed E-state index contributed by atoms with van der Waals surface area (Å²) in [5.74, 6) is 2.83. The lowest BCUT2D eigenvalue weighted by atomic mass is 9.32. The molecule has 4 N–H and O–H groups in total. The van der Waals surface area contributed by atoms with Gasteiger partial charge in [0, 0.05) is 5.41 Å². The Kier molecular flexibility index (Phi) is 8.16. The van der Waals surface area contributed by atoms with E-state index in [2.05, 4.69) is 48.1 Å². The van der Waals surface area contributed by atoms with Crippen LogP contribution < -0.4 is 0 Å². The third kappa shape index (κ3) is 4.31. The molecule has 5 saturated carbocycles. The number of rotatable bonds is 5. The van der Waals surface area contributed by atoms with Crippen molar-refractivity contribution in [2.24, 2.45) is 56.7 Å². The van der Waals surface area contributed by atoms with Gasteiger partial charge in [-0.2, -0.15) is 0 Å². The lowest BCUT2D eigenvalue weighted by Crippen LogP contribution is -2.67. The summed E-state index contributed by atoms with van der Waals surface area (Å²) in [5, 5.41) is 41.1. The third-order valence-electron chi connectivity index (χ3n) is 15.9. The minimum Gasteiger partial charge on any atom is -0.394 e. The average Bonchev–Trinajstić information content (AvgIpc) is 3.36. The van der Waals surface area contributed by atoms with E-state index in [0.29, 0.717) is 35.4 Å². The van der Waals surface area contributed by atoms with Crippen molar-refractivity contribution >= 4 is 5.78 Å². The van der Waals surface area contributed by atoms with Crippen LogP contribution in [0.1, 0.15) is 113 Å². The lowest BCUT2D eigenvalue weighted by Gasteiger charge is -2.73. The van der Waals surface area contributed by atoms with Gasteiger partial charge in [0.1, 0.15) is 30.2 Å². The molecule has 6 fully saturated rings. The molecular formula is C37H60O7. The maximum absolute atomic E-state index is 13.4. The molecule has 7 nitrogen and oxygen atoms in total. The summed E-state index contributed by atoms with van der Waals surface area (Å²) in [6, 6.07) is 0. The molecule has 250 valence electrons. The number of ether oxygens (including phenoxy) is 2. The topological polar surface area (TPSA) is 116 Å². The quantitative estimate of drug-likeness (QED) is 0.241. The van der Waals surface area contributed by atoms with Crippen LogP contribution in [-0.2, 0) is 14.3 Å². The van der Waals surface area contributed by atoms with E-state index in [1.807, 2.05) is 6.92 Å². The van der Waals surface area contributed by atoms with Gasteiger partial charge in [0.25, 0.3) is 0 Å². The highest BCUT2D eigenvalue weighted by Crippen LogP contribution is 2.77. The number of hydrogen-bond donors (Lipinski definition) is 4. The summed E-state index contributed by atoms with van der Waals surface area (Å²) in [4.78, 5) is 13.4. The summed E-state index contributed by atoms with van der Waals surface area (Å²) in [5.41, 5.74) is 1.41. The summed E-state index contributed by atoms with van der Waals surface area (Å²) in [6.07, 6.45) is 4.36. The highest BCUT2D eigenvalue weighted by molar-refractivity contribution is 5.83. The van der Waals surface area contributed by atoms with Gasteiger partial charge in [-0.3, -0.25) is 4.79 Å². The zero-order valence-corrected chi connectivity index (χ0v) is 28.3. The molecule has 1 saturated heterocycles. The maximum Gasteiger partial charge on any atom is 0.186 e. The first kappa shape index (κ1) is 33.1. The van der Waals surface area contributed by atoms with E-state index in [0.717, 1.165) is 44.9 Å². The number of aliphatic hydroxyl groups is 4. The number of carbonyl (C=O) groups is 1. The first-order valence-corrected chi connectivity index (χ1v) is 17.6. The van der Waals surface area contributed by atoms with Gasteiger partial charge >= 0.3 is 0 Å². The molecule has 6 aliphatic rings. The van der Waals surface area contributed by atoms with Crippen LogP contribution in [0.3, 0.4) is 0 Å². The second-order valence-corrected chi connectivity index (χ2v) is 17.6. The van der Waals surface area contributed by atoms with Crippen LogP contribution in [0.4, 0.5) is 0 Å². The van der Waals surface area contributed by atoms with Crippen LogP contribution in [0.25, 0.3) is 0 Å². The second-order valence-electron chi connectivity index (χ2n) is 17.6. The molecule has 0 aromatic carbocycles. The molecular weight excluding hydrogens is 556 g/mol. The third-order valence-corrected chi connectivity index (χ3v) is 15.9. The van der Waals surface area contributed by atoms with Crippen LogP contribution in [0, 0.1) is 56.7 Å². The lowest BCUT2D eigenvalue weighted by molar-refractivity contribution is -0.331. The van der Waals surface area contributed by atoms with Gasteiger partial charge in [-0.15, -0.1) is 0 Å². The molecule has 15 atom stereocenters. The standard InChI is InChI=1S/C37H60O7/c1-20(2)22-11-16-37(21(3)39)18-17-35(7)23(28(22)37)9-10-26-34(6)14-13-27(33(4,5)25(34)12-15-36(26,35)8)44-32-31(42)30(41)29(40)24(19-38)43-32/h22-32,38,40-42H,1,9-19H2,2-8H3/t22-,23+,24+,25-,26+,27-,28+,29-,30-,31+,32+,34-,35+,36+,37+/m0/s1. The minimum atomic E-state index is -1.43. The van der Waals surface area contributed by atoms with E-state index < -0.39 is 37.3 Å². The van der Waals surface area contributed by atoms with Gasteiger partial charge in [0.05, 0.1) is 12.7 Å². The van der Waals surface area contributed by atoms with Crippen molar-refractivity contribution in [2.45, 2.75) is 149 Å². The monoisotopic (exact) mass is 616 g/mol. The summed E-state index contributed by atoms with van der Waals surface area (Å²) >= 11 is 0. The van der Waals surface area contributed by atoms with E-state index in [-0.39, 0.29) is 33.2 Å². The fraction of sp³-hybridized carbons (Fsp3) is 0.919. The number of ketones is 1. The van der Waals surface area contributed by atoms with E-state index in [1.165, 1.54) is 24.8 Å². The highest BCUT2D eigenvalue weighted by atomic mass is 16.7. The van der Waals surface area contributed by atoms with Crippen LogP contribution >= 0.6 is 0 Å². The van der Waals surface area contributed by atoms with Crippen LogP contribution in [0.2, 0.25) is 0 Å². The molecule has 44 heavy (non-hydrogen) atoms. The van der Waals surface area contributed by atoms with Crippen molar-refractivity contribution < 1.29 is 34.7 Å². The van der Waals surface area contributed by atoms with Gasteiger partial charge in [-0.1, -0.05) is 46.8 Å². The van der Waals surface area contributed by atoms with Crippen molar-refractivity contribution in [1.82, 2.24) is 0 Å². The molecule has 0 bridgehead atoms. The van der Waals surface area contributed by atoms with Gasteiger partial charge in [0.15, 0.2) is 6.29 Å². The Morgan fingerprint density at radius 3 is 2.16 bits per heavy atom. The molecule has 0 spiro atoms. The van der Waals surface area contributed by atoms with Crippen LogP contribution in [0.15, 0.2) is 12.2 Å². The predicted octanol–water partition coefficient (Wildman–Crippen LogP) is 5.42. The number of Topliss-reactive ketones (excluding diaryl/α,β-unsaturated/α-hetero) is 1. The molecule has 7 heteroatoms. The van der Waals surface area contributed by atoms with Gasteiger partial charge in [-0.25, -0.2) is 0 Å². The molecule has 0 radical (unpaired) electrons. The van der Waals surface area contributed by atoms with Crippen molar-refractivity contribution in [3.63, 3.8) is 0 Å². The Hall–Kier alpha value is -0.830. The zero-order chi connectivity index (χ0) is 32.2. The first-order chi connectivity index (χ1) is 20.5. The SMILES string of the molecule is C=C(C)[C@@H]1CC[C@]2(C(C)=O)CC[C@]3(C)[C@H](CC[C@@H]4[C@@]5(C)CC[C@H](O[C@H]6O[C@H](CO)[C@H](O)[C@H](O)[C@H]6O)C(C)(C)[C@@H]5CC[C@]43C)[C@@H]12. The Morgan fingerprint density at radius 2 is 1.52 bits per heavy atom. The molecule has 1 heterocycles. The summed E-state index contributed by atoms with van der Waals surface area (Å²) < 4.78 is 12.3. The van der Waals surface area contributed by atoms with Crippen molar-refractivity contribution in [3.8, 4) is 0 Å². The first-order valence-electron chi connectivity index (χ1n) is 17.6. The van der Waals surface area contributed by atoms with E-state index >= 15 is 0 Å². The smallest absolute Gasteiger partial charge is 0.186 e. The molecule has 1 aliphatic heterocycles.